The maximum Gasteiger partial charge on any atom is 0.238 e. The lowest BCUT2D eigenvalue weighted by molar-refractivity contribution is -0.125. The summed E-state index contributed by atoms with van der Waals surface area (Å²) in [4.78, 5) is 26.3. The van der Waals surface area contributed by atoms with Gasteiger partial charge in [-0.15, -0.1) is 0 Å². The minimum Gasteiger partial charge on any atom is -0.331 e. The zero-order valence-electron chi connectivity index (χ0n) is 14.9. The number of amides is 2. The average molecular weight is 382 g/mol. The molecule has 2 amide bonds. The Labute approximate surface area is 163 Å². The molecule has 0 aliphatic carbocycles. The van der Waals surface area contributed by atoms with E-state index in [4.69, 9.17) is 12.2 Å². The van der Waals surface area contributed by atoms with Crippen LogP contribution in [0.25, 0.3) is 0 Å². The highest BCUT2D eigenvalue weighted by atomic mass is 32.1. The summed E-state index contributed by atoms with van der Waals surface area (Å²) in [5, 5.41) is 3.24. The fourth-order valence-corrected chi connectivity index (χ4v) is 3.19. The van der Waals surface area contributed by atoms with E-state index in [1.807, 2.05) is 54.6 Å². The Morgan fingerprint density at radius 2 is 1.70 bits per heavy atom. The van der Waals surface area contributed by atoms with Gasteiger partial charge >= 0.3 is 0 Å². The van der Waals surface area contributed by atoms with Gasteiger partial charge in [0.05, 0.1) is 0 Å². The first kappa shape index (κ1) is 18.8. The molecule has 27 heavy (non-hydrogen) atoms. The van der Waals surface area contributed by atoms with Gasteiger partial charge in [-0.25, -0.2) is 0 Å². The number of rotatable bonds is 4. The van der Waals surface area contributed by atoms with Gasteiger partial charge in [-0.05, 0) is 48.8 Å². The van der Waals surface area contributed by atoms with Crippen molar-refractivity contribution in [2.45, 2.75) is 25.7 Å². The number of aryl methyl sites for hydroxylation is 1. The maximum atomic E-state index is 12.5. The van der Waals surface area contributed by atoms with Crippen molar-refractivity contribution < 1.29 is 9.59 Å². The van der Waals surface area contributed by atoms with Crippen LogP contribution in [-0.2, 0) is 16.0 Å². The van der Waals surface area contributed by atoms with E-state index in [9.17, 15) is 9.59 Å². The van der Waals surface area contributed by atoms with Crippen LogP contribution < -0.4 is 21.1 Å². The van der Waals surface area contributed by atoms with Gasteiger partial charge in [-0.3, -0.25) is 20.4 Å². The van der Waals surface area contributed by atoms with Gasteiger partial charge in [0.2, 0.25) is 11.8 Å². The second-order valence-corrected chi connectivity index (χ2v) is 6.68. The average Bonchev–Trinajstić information content (AvgIpc) is 2.70. The maximum absolute atomic E-state index is 12.5. The van der Waals surface area contributed by atoms with Gasteiger partial charge < -0.3 is 10.2 Å². The summed E-state index contributed by atoms with van der Waals surface area (Å²) in [5.41, 5.74) is 8.12. The number of carbonyl (C=O) groups is 2. The number of hydrogen-bond acceptors (Lipinski definition) is 3. The van der Waals surface area contributed by atoms with Crippen LogP contribution in [0.5, 0.6) is 0 Å². The quantitative estimate of drug-likeness (QED) is 0.560. The van der Waals surface area contributed by atoms with Gasteiger partial charge in [-0.2, -0.15) is 0 Å². The Hall–Kier alpha value is -2.93. The van der Waals surface area contributed by atoms with E-state index >= 15 is 0 Å². The van der Waals surface area contributed by atoms with Gasteiger partial charge in [0, 0.05) is 30.8 Å². The first-order valence-corrected chi connectivity index (χ1v) is 9.33. The number of benzene rings is 2. The van der Waals surface area contributed by atoms with E-state index < -0.39 is 0 Å². The second kappa shape index (κ2) is 9.14. The molecule has 0 spiro atoms. The summed E-state index contributed by atoms with van der Waals surface area (Å²) in [6.07, 6.45) is 2.17. The molecule has 6 nitrogen and oxygen atoms in total. The zero-order valence-corrected chi connectivity index (χ0v) is 15.7. The first-order chi connectivity index (χ1) is 13.1. The predicted octanol–water partition coefficient (Wildman–Crippen LogP) is 2.76. The summed E-state index contributed by atoms with van der Waals surface area (Å²) in [6, 6.07) is 17.3. The molecule has 7 heteroatoms. The van der Waals surface area contributed by atoms with E-state index in [-0.39, 0.29) is 29.8 Å². The highest BCUT2D eigenvalue weighted by molar-refractivity contribution is 7.80. The molecule has 140 valence electrons. The number of thiocarbonyl (C=S) groups is 1. The molecule has 0 saturated carbocycles. The summed E-state index contributed by atoms with van der Waals surface area (Å²) < 4.78 is 0. The molecule has 0 radical (unpaired) electrons. The van der Waals surface area contributed by atoms with Crippen molar-refractivity contribution in [3.05, 3.63) is 60.2 Å². The van der Waals surface area contributed by atoms with Gasteiger partial charge in [0.1, 0.15) is 0 Å². The summed E-state index contributed by atoms with van der Waals surface area (Å²) in [7, 11) is 0. The number of hydrazine groups is 1. The van der Waals surface area contributed by atoms with Crippen LogP contribution >= 0.6 is 12.2 Å². The van der Waals surface area contributed by atoms with Crippen LogP contribution in [0.3, 0.4) is 0 Å². The van der Waals surface area contributed by atoms with E-state index in [1.165, 1.54) is 5.56 Å². The van der Waals surface area contributed by atoms with Crippen LogP contribution in [0.1, 0.15) is 24.8 Å². The molecular formula is C20H22N4O2S. The first-order valence-electron chi connectivity index (χ1n) is 8.92. The minimum absolute atomic E-state index is 0.0395. The van der Waals surface area contributed by atoms with Crippen molar-refractivity contribution in [1.82, 2.24) is 10.9 Å². The Bertz CT molecular complexity index is 826. The third-order valence-corrected chi connectivity index (χ3v) is 4.53. The van der Waals surface area contributed by atoms with Crippen molar-refractivity contribution in [3.63, 3.8) is 0 Å². The molecule has 0 fully saturated rings. The number of para-hydroxylation sites is 2. The zero-order chi connectivity index (χ0) is 19.1. The topological polar surface area (TPSA) is 73.5 Å². The van der Waals surface area contributed by atoms with Gasteiger partial charge in [0.15, 0.2) is 5.11 Å². The molecule has 0 saturated heterocycles. The van der Waals surface area contributed by atoms with Gasteiger partial charge in [0.25, 0.3) is 0 Å². The molecule has 2 aromatic carbocycles. The molecule has 0 aromatic heterocycles. The summed E-state index contributed by atoms with van der Waals surface area (Å²) in [5.74, 6) is -0.326. The standard InChI is InChI=1S/C20H22N4O2S/c25-18(22-23-20(27)21-16-9-2-1-3-10-16)12-13-19(26)24-14-6-8-15-7-4-5-11-17(15)24/h1-5,7,9-11H,6,8,12-14H2,(H,22,25)(H2,21,23,27). The third-order valence-electron chi connectivity index (χ3n) is 4.32. The highest BCUT2D eigenvalue weighted by Gasteiger charge is 2.22. The predicted molar refractivity (Wildman–Crippen MR) is 110 cm³/mol. The number of hydrogen-bond donors (Lipinski definition) is 3. The number of fused-ring (bicyclic) bond motifs is 1. The van der Waals surface area contributed by atoms with Crippen molar-refractivity contribution >= 4 is 40.5 Å². The lowest BCUT2D eigenvalue weighted by Gasteiger charge is -2.29. The summed E-state index contributed by atoms with van der Waals surface area (Å²) in [6.45, 7) is 0.695. The molecule has 0 unspecified atom stereocenters. The molecule has 1 heterocycles. The fraction of sp³-hybridized carbons (Fsp3) is 0.250. The summed E-state index contributed by atoms with van der Waals surface area (Å²) >= 11 is 5.12. The number of carbonyl (C=O) groups excluding carboxylic acids is 2. The van der Waals surface area contributed by atoms with Crippen LogP contribution in [0, 0.1) is 0 Å². The lowest BCUT2D eigenvalue weighted by Crippen LogP contribution is -2.44. The Kier molecular flexibility index (Phi) is 6.38. The molecule has 3 N–H and O–H groups in total. The van der Waals surface area contributed by atoms with Crippen molar-refractivity contribution in [1.29, 1.82) is 0 Å². The Morgan fingerprint density at radius 3 is 2.52 bits per heavy atom. The molecule has 3 rings (SSSR count). The van der Waals surface area contributed by atoms with E-state index in [0.717, 1.165) is 24.2 Å². The van der Waals surface area contributed by atoms with Crippen LogP contribution in [0.15, 0.2) is 54.6 Å². The Balaban J connectivity index is 1.43. The molecule has 1 aliphatic heterocycles. The van der Waals surface area contributed by atoms with Crippen LogP contribution in [0.4, 0.5) is 11.4 Å². The number of anilines is 2. The van der Waals surface area contributed by atoms with Crippen molar-refractivity contribution in [2.75, 3.05) is 16.8 Å². The van der Waals surface area contributed by atoms with Crippen molar-refractivity contribution in [2.24, 2.45) is 0 Å². The number of nitrogens with one attached hydrogen (secondary N) is 3. The molecule has 2 aromatic rings. The fourth-order valence-electron chi connectivity index (χ4n) is 3.02. The largest absolute Gasteiger partial charge is 0.331 e. The molecule has 0 bridgehead atoms. The van der Waals surface area contributed by atoms with E-state index in [2.05, 4.69) is 16.2 Å². The van der Waals surface area contributed by atoms with E-state index in [0.29, 0.717) is 6.54 Å². The molecular weight excluding hydrogens is 360 g/mol. The van der Waals surface area contributed by atoms with Crippen LogP contribution in [0.2, 0.25) is 0 Å². The van der Waals surface area contributed by atoms with Crippen molar-refractivity contribution in [3.8, 4) is 0 Å². The molecule has 1 aliphatic rings. The lowest BCUT2D eigenvalue weighted by atomic mass is 10.0. The normalized spacial score (nSPS) is 12.7. The second-order valence-electron chi connectivity index (χ2n) is 6.27. The molecule has 0 atom stereocenters. The Morgan fingerprint density at radius 1 is 0.963 bits per heavy atom. The monoisotopic (exact) mass is 382 g/mol. The highest BCUT2D eigenvalue weighted by Crippen LogP contribution is 2.27. The SMILES string of the molecule is O=C(CCC(=O)N1CCCc2ccccc21)NNC(=S)Nc1ccccc1. The van der Waals surface area contributed by atoms with E-state index in [1.54, 1.807) is 4.90 Å². The van der Waals surface area contributed by atoms with Gasteiger partial charge in [-0.1, -0.05) is 36.4 Å². The smallest absolute Gasteiger partial charge is 0.238 e. The van der Waals surface area contributed by atoms with Crippen LogP contribution in [-0.4, -0.2) is 23.5 Å². The number of nitrogens with zero attached hydrogens (tertiary/aromatic N) is 1. The minimum atomic E-state index is -0.286. The third kappa shape index (κ3) is 5.27.